The first-order valence-corrected chi connectivity index (χ1v) is 8.17. The van der Waals surface area contributed by atoms with E-state index in [-0.39, 0.29) is 10.8 Å². The number of nitrogens with zero attached hydrogens (tertiary/aromatic N) is 1. The summed E-state index contributed by atoms with van der Waals surface area (Å²) in [5.41, 5.74) is 6.97. The van der Waals surface area contributed by atoms with Gasteiger partial charge in [0.1, 0.15) is 0 Å². The van der Waals surface area contributed by atoms with Crippen LogP contribution in [0.25, 0.3) is 0 Å². The molecular formula is C11H24N2P2. The molecule has 2 atom stereocenters. The van der Waals surface area contributed by atoms with Gasteiger partial charge in [-0.15, -0.1) is 0 Å². The van der Waals surface area contributed by atoms with Crippen molar-refractivity contribution >= 4 is 17.3 Å². The van der Waals surface area contributed by atoms with Gasteiger partial charge in [-0.1, -0.05) is 50.5 Å². The van der Waals surface area contributed by atoms with Crippen molar-refractivity contribution in [2.75, 3.05) is 6.54 Å². The molecule has 0 saturated heterocycles. The summed E-state index contributed by atoms with van der Waals surface area (Å²) in [5, 5.41) is 0. The minimum absolute atomic E-state index is 0.218. The van der Waals surface area contributed by atoms with Crippen molar-refractivity contribution in [1.82, 2.24) is 10.2 Å². The number of allylic oxidation sites excluding steroid dienone is 1. The van der Waals surface area contributed by atoms with Crippen LogP contribution in [0, 0.1) is 10.8 Å². The second-order valence-corrected chi connectivity index (χ2v) is 7.61. The van der Waals surface area contributed by atoms with E-state index >= 15 is 0 Å². The SMILES string of the molecule is CC(C)(C)C1=C(C(C)(C)C)N(PP)NC1. The molecule has 88 valence electrons. The van der Waals surface area contributed by atoms with Crippen LogP contribution in [0.4, 0.5) is 0 Å². The van der Waals surface area contributed by atoms with E-state index in [0.29, 0.717) is 8.42 Å². The summed E-state index contributed by atoms with van der Waals surface area (Å²) in [6.45, 7) is 14.8. The second-order valence-electron chi connectivity index (χ2n) is 6.13. The lowest BCUT2D eigenvalue weighted by Gasteiger charge is -2.32. The molecule has 1 aliphatic rings. The van der Waals surface area contributed by atoms with Gasteiger partial charge in [0.15, 0.2) is 0 Å². The van der Waals surface area contributed by atoms with Crippen molar-refractivity contribution in [3.8, 4) is 0 Å². The fourth-order valence-electron chi connectivity index (χ4n) is 1.97. The largest absolute Gasteiger partial charge is 0.290 e. The number of rotatable bonds is 1. The molecule has 0 radical (unpaired) electrons. The van der Waals surface area contributed by atoms with Gasteiger partial charge in [-0.05, 0) is 11.0 Å². The third-order valence-electron chi connectivity index (χ3n) is 2.67. The highest BCUT2D eigenvalue weighted by atomic mass is 32.0. The van der Waals surface area contributed by atoms with Crippen LogP contribution in [0.15, 0.2) is 11.3 Å². The molecule has 1 N–H and O–H groups in total. The first kappa shape index (κ1) is 13.4. The number of hydrogen-bond donors (Lipinski definition) is 1. The lowest BCUT2D eigenvalue weighted by molar-refractivity contribution is 0.358. The number of hydrogen-bond acceptors (Lipinski definition) is 2. The van der Waals surface area contributed by atoms with Gasteiger partial charge < -0.3 is 0 Å². The molecule has 0 amide bonds. The van der Waals surface area contributed by atoms with E-state index in [0.717, 1.165) is 6.54 Å². The molecule has 2 nitrogen and oxygen atoms in total. The number of hydrazine groups is 1. The Bertz CT molecular complexity index is 271. The highest BCUT2D eigenvalue weighted by Crippen LogP contribution is 2.45. The molecule has 0 saturated carbocycles. The van der Waals surface area contributed by atoms with Crippen LogP contribution < -0.4 is 5.43 Å². The van der Waals surface area contributed by atoms with Crippen LogP contribution in [0.2, 0.25) is 0 Å². The van der Waals surface area contributed by atoms with E-state index in [1.54, 1.807) is 5.57 Å². The van der Waals surface area contributed by atoms with Crippen molar-refractivity contribution in [2.24, 2.45) is 10.8 Å². The zero-order valence-corrected chi connectivity index (χ0v) is 12.9. The van der Waals surface area contributed by atoms with Gasteiger partial charge >= 0.3 is 0 Å². The molecule has 1 heterocycles. The standard InChI is InChI=1S/C11H24N2P2/c1-10(2,3)8-7-12-13(15-14)9(8)11(4,5)6/h12,15H,7,14H2,1-6H3. The average molecular weight is 246 g/mol. The van der Waals surface area contributed by atoms with E-state index in [2.05, 4.69) is 60.7 Å². The molecule has 0 fully saturated rings. The van der Waals surface area contributed by atoms with Crippen LogP contribution in [0.5, 0.6) is 0 Å². The summed E-state index contributed by atoms with van der Waals surface area (Å²) in [5.74, 6) is 0. The Morgan fingerprint density at radius 1 is 1.13 bits per heavy atom. The van der Waals surface area contributed by atoms with Crippen molar-refractivity contribution in [3.05, 3.63) is 11.3 Å². The Morgan fingerprint density at radius 2 is 1.67 bits per heavy atom. The fourth-order valence-corrected chi connectivity index (χ4v) is 3.41. The minimum atomic E-state index is 0.218. The maximum Gasteiger partial charge on any atom is 0.0400 e. The summed E-state index contributed by atoms with van der Waals surface area (Å²) in [6, 6.07) is 0. The highest BCUT2D eigenvalue weighted by Gasteiger charge is 2.35. The smallest absolute Gasteiger partial charge is 0.0400 e. The molecule has 0 spiro atoms. The van der Waals surface area contributed by atoms with Gasteiger partial charge in [-0.3, -0.25) is 4.78 Å². The van der Waals surface area contributed by atoms with Gasteiger partial charge in [-0.2, -0.15) is 0 Å². The maximum atomic E-state index is 3.47. The van der Waals surface area contributed by atoms with Crippen molar-refractivity contribution < 1.29 is 0 Å². The molecule has 0 aromatic carbocycles. The molecule has 4 heteroatoms. The van der Waals surface area contributed by atoms with Gasteiger partial charge in [0, 0.05) is 26.1 Å². The molecule has 2 unspecified atom stereocenters. The van der Waals surface area contributed by atoms with E-state index in [1.165, 1.54) is 5.70 Å². The highest BCUT2D eigenvalue weighted by molar-refractivity contribution is 8.01. The van der Waals surface area contributed by atoms with Crippen LogP contribution in [0.1, 0.15) is 41.5 Å². The summed E-state index contributed by atoms with van der Waals surface area (Å²) < 4.78 is 2.30. The summed E-state index contributed by atoms with van der Waals surface area (Å²) in [7, 11) is 3.53. The monoisotopic (exact) mass is 246 g/mol. The van der Waals surface area contributed by atoms with Crippen molar-refractivity contribution in [1.29, 1.82) is 0 Å². The quantitative estimate of drug-likeness (QED) is 0.712. The van der Waals surface area contributed by atoms with Crippen molar-refractivity contribution in [3.63, 3.8) is 0 Å². The predicted molar refractivity (Wildman–Crippen MR) is 73.8 cm³/mol. The van der Waals surface area contributed by atoms with Crippen LogP contribution >= 0.6 is 17.3 Å². The molecule has 0 bridgehead atoms. The predicted octanol–water partition coefficient (Wildman–Crippen LogP) is 3.54. The van der Waals surface area contributed by atoms with Crippen LogP contribution in [0.3, 0.4) is 0 Å². The fraction of sp³-hybridized carbons (Fsp3) is 0.818. The first-order chi connectivity index (χ1) is 6.68. The lowest BCUT2D eigenvalue weighted by Crippen LogP contribution is -2.28. The summed E-state index contributed by atoms with van der Waals surface area (Å²) in [6.07, 6.45) is 0. The Labute approximate surface area is 98.2 Å². The van der Waals surface area contributed by atoms with Crippen molar-refractivity contribution in [2.45, 2.75) is 41.5 Å². The summed E-state index contributed by atoms with van der Waals surface area (Å²) in [4.78, 5) is 0. The van der Waals surface area contributed by atoms with E-state index < -0.39 is 0 Å². The molecular weight excluding hydrogens is 222 g/mol. The third-order valence-corrected chi connectivity index (χ3v) is 4.08. The Kier molecular flexibility index (Phi) is 3.87. The Hall–Kier alpha value is 0.360. The molecule has 1 aliphatic heterocycles. The van der Waals surface area contributed by atoms with E-state index in [9.17, 15) is 0 Å². The number of nitrogens with one attached hydrogen (secondary N) is 1. The molecule has 0 aliphatic carbocycles. The minimum Gasteiger partial charge on any atom is -0.290 e. The Balaban J connectivity index is 3.17. The van der Waals surface area contributed by atoms with Gasteiger partial charge in [-0.25, -0.2) is 5.43 Å². The van der Waals surface area contributed by atoms with Gasteiger partial charge in [0.2, 0.25) is 0 Å². The molecule has 0 aromatic heterocycles. The molecule has 15 heavy (non-hydrogen) atoms. The van der Waals surface area contributed by atoms with E-state index in [4.69, 9.17) is 0 Å². The average Bonchev–Trinajstić information content (AvgIpc) is 2.44. The molecule has 0 aromatic rings. The second kappa shape index (κ2) is 4.32. The van der Waals surface area contributed by atoms with Crippen LogP contribution in [-0.2, 0) is 0 Å². The molecule has 1 rings (SSSR count). The lowest BCUT2D eigenvalue weighted by atomic mass is 9.79. The van der Waals surface area contributed by atoms with Gasteiger partial charge in [0.05, 0.1) is 0 Å². The zero-order valence-electron chi connectivity index (χ0n) is 10.7. The van der Waals surface area contributed by atoms with Crippen LogP contribution in [-0.4, -0.2) is 11.3 Å². The van der Waals surface area contributed by atoms with Gasteiger partial charge in [0.25, 0.3) is 0 Å². The summed E-state index contributed by atoms with van der Waals surface area (Å²) >= 11 is 0. The zero-order chi connectivity index (χ0) is 11.9. The Morgan fingerprint density at radius 3 is 2.00 bits per heavy atom. The normalized spacial score (nSPS) is 19.8. The first-order valence-electron chi connectivity index (χ1n) is 5.42. The van der Waals surface area contributed by atoms with E-state index in [1.807, 2.05) is 0 Å². The third kappa shape index (κ3) is 2.93. The topological polar surface area (TPSA) is 15.3 Å². The maximum absolute atomic E-state index is 3.47.